The highest BCUT2D eigenvalue weighted by molar-refractivity contribution is 7.99. The smallest absolute Gasteiger partial charge is 0.408 e. The molecule has 35 heavy (non-hydrogen) atoms. The number of rotatable bonds is 5. The quantitative estimate of drug-likeness (QED) is 0.498. The maximum Gasteiger partial charge on any atom is 0.408 e. The zero-order valence-electron chi connectivity index (χ0n) is 18.7. The fourth-order valence-electron chi connectivity index (χ4n) is 3.80. The Morgan fingerprint density at radius 2 is 2.11 bits per heavy atom. The molecule has 1 aromatic carbocycles. The summed E-state index contributed by atoms with van der Waals surface area (Å²) in [5, 5.41) is 25.0. The van der Waals surface area contributed by atoms with E-state index in [2.05, 4.69) is 20.6 Å². The molecule has 1 fully saturated rings. The number of benzene rings is 1. The third-order valence-electron chi connectivity index (χ3n) is 5.44. The Morgan fingerprint density at radius 1 is 1.37 bits per heavy atom. The van der Waals surface area contributed by atoms with Gasteiger partial charge in [0.05, 0.1) is 23.4 Å². The van der Waals surface area contributed by atoms with E-state index < -0.39 is 27.9 Å². The van der Waals surface area contributed by atoms with Crippen LogP contribution in [0.4, 0.5) is 22.1 Å². The summed E-state index contributed by atoms with van der Waals surface area (Å²) >= 11 is 1.29. The van der Waals surface area contributed by atoms with Crippen molar-refractivity contribution in [3.63, 3.8) is 0 Å². The molecule has 3 N–H and O–H groups in total. The second kappa shape index (κ2) is 9.43. The highest BCUT2D eigenvalue weighted by Gasteiger charge is 2.35. The van der Waals surface area contributed by atoms with E-state index in [1.807, 2.05) is 42.2 Å². The lowest BCUT2D eigenvalue weighted by atomic mass is 10.2. The number of carbonyl (C=O) groups is 2. The number of allylic oxidation sites excluding steroid dienone is 1. The highest BCUT2D eigenvalue weighted by atomic mass is 32.2. The molecular formula is C21H21N7O5S2. The second-order valence-electron chi connectivity index (χ2n) is 7.66. The number of nitrogens with one attached hydrogen (secondary N) is 2. The van der Waals surface area contributed by atoms with Gasteiger partial charge in [-0.1, -0.05) is 12.1 Å². The number of para-hydroxylation sites is 2. The van der Waals surface area contributed by atoms with Crippen LogP contribution in [0.25, 0.3) is 5.57 Å². The van der Waals surface area contributed by atoms with Crippen molar-refractivity contribution < 1.29 is 23.1 Å². The van der Waals surface area contributed by atoms with E-state index in [1.54, 1.807) is 0 Å². The molecule has 0 unspecified atom stereocenters. The summed E-state index contributed by atoms with van der Waals surface area (Å²) in [6.45, 7) is 2.37. The fourth-order valence-corrected chi connectivity index (χ4v) is 5.69. The lowest BCUT2D eigenvalue weighted by Crippen LogP contribution is -2.44. The van der Waals surface area contributed by atoms with Crippen LogP contribution in [0.2, 0.25) is 0 Å². The molecule has 2 amide bonds. The molecule has 14 heteroatoms. The number of aromatic nitrogens is 2. The van der Waals surface area contributed by atoms with Crippen LogP contribution in [0.15, 0.2) is 41.2 Å². The van der Waals surface area contributed by atoms with Gasteiger partial charge >= 0.3 is 6.09 Å². The number of hydrogen-bond donors (Lipinski definition) is 3. The molecule has 0 aliphatic carbocycles. The molecule has 2 aliphatic heterocycles. The Balaban J connectivity index is 1.78. The van der Waals surface area contributed by atoms with E-state index in [0.717, 1.165) is 28.7 Å². The van der Waals surface area contributed by atoms with Crippen LogP contribution in [-0.4, -0.2) is 70.9 Å². The van der Waals surface area contributed by atoms with Gasteiger partial charge in [0, 0.05) is 18.6 Å². The van der Waals surface area contributed by atoms with E-state index in [4.69, 9.17) is 0 Å². The predicted octanol–water partition coefficient (Wildman–Crippen LogP) is 2.02. The van der Waals surface area contributed by atoms with Gasteiger partial charge in [0.2, 0.25) is 5.95 Å². The van der Waals surface area contributed by atoms with Crippen LogP contribution >= 0.6 is 11.8 Å². The minimum absolute atomic E-state index is 0.0510. The Labute approximate surface area is 205 Å². The summed E-state index contributed by atoms with van der Waals surface area (Å²) in [6, 6.07) is 8.47. The van der Waals surface area contributed by atoms with Gasteiger partial charge < -0.3 is 15.3 Å². The lowest BCUT2D eigenvalue weighted by molar-refractivity contribution is -0.119. The SMILES string of the molecule is CCN1/C(=C(\C#N)c2nc(NC(=O)[C@H]3CSCN3C(=O)O)ncc2S(C)(=O)=O)Nc2ccccc21. The Hall–Kier alpha value is -3.83. The lowest BCUT2D eigenvalue weighted by Gasteiger charge is -2.20. The largest absolute Gasteiger partial charge is 0.465 e. The van der Waals surface area contributed by atoms with Crippen molar-refractivity contribution in [2.75, 3.05) is 40.0 Å². The highest BCUT2D eigenvalue weighted by Crippen LogP contribution is 2.39. The van der Waals surface area contributed by atoms with Crippen molar-refractivity contribution in [3.05, 3.63) is 42.0 Å². The molecule has 182 valence electrons. The summed E-state index contributed by atoms with van der Waals surface area (Å²) in [5.41, 5.74) is 1.33. The first-order valence-corrected chi connectivity index (χ1v) is 13.4. The Bertz CT molecular complexity index is 1390. The van der Waals surface area contributed by atoms with Crippen LogP contribution in [0.3, 0.4) is 0 Å². The summed E-state index contributed by atoms with van der Waals surface area (Å²) in [4.78, 5) is 34.8. The number of carbonyl (C=O) groups excluding carboxylic acids is 1. The maximum atomic E-state index is 12.7. The number of amides is 2. The fraction of sp³-hybridized carbons (Fsp3) is 0.286. The molecule has 0 saturated carbocycles. The molecule has 2 aromatic rings. The standard InChI is InChI=1S/C21H21N7O5S2/c1-3-27-14-7-5-4-6-13(14)24-18(27)12(8-22)17-16(35(2,32)33)9-23-20(25-17)26-19(29)15-10-34-11-28(15)21(30)31/h4-7,9,15,24H,3,10-11H2,1-2H3,(H,30,31)(H,23,25,26,29)/b18-12+/t15-/m1/s1. The molecule has 1 atom stereocenters. The van der Waals surface area contributed by atoms with Gasteiger partial charge in [-0.3, -0.25) is 15.0 Å². The minimum atomic E-state index is -3.85. The average molecular weight is 516 g/mol. The van der Waals surface area contributed by atoms with Crippen LogP contribution in [0, 0.1) is 11.3 Å². The molecule has 3 heterocycles. The van der Waals surface area contributed by atoms with Crippen molar-refractivity contribution in [1.29, 1.82) is 5.26 Å². The molecule has 12 nitrogen and oxygen atoms in total. The molecule has 0 spiro atoms. The summed E-state index contributed by atoms with van der Waals surface area (Å²) < 4.78 is 25.0. The third-order valence-corrected chi connectivity index (χ3v) is 7.55. The number of fused-ring (bicyclic) bond motifs is 1. The van der Waals surface area contributed by atoms with Crippen LogP contribution in [0.1, 0.15) is 12.6 Å². The number of sulfone groups is 1. The molecule has 2 aliphatic rings. The number of hydrogen-bond acceptors (Lipinski definition) is 10. The Morgan fingerprint density at radius 3 is 2.77 bits per heavy atom. The number of carboxylic acid groups (broad SMARTS) is 1. The van der Waals surface area contributed by atoms with Crippen LogP contribution in [-0.2, 0) is 14.6 Å². The molecule has 0 radical (unpaired) electrons. The van der Waals surface area contributed by atoms with Crippen molar-refractivity contribution in [2.24, 2.45) is 0 Å². The van der Waals surface area contributed by atoms with Crippen LogP contribution < -0.4 is 15.5 Å². The van der Waals surface area contributed by atoms with Crippen molar-refractivity contribution in [1.82, 2.24) is 14.9 Å². The van der Waals surface area contributed by atoms with Gasteiger partial charge in [-0.05, 0) is 19.1 Å². The summed E-state index contributed by atoms with van der Waals surface area (Å²) in [5.74, 6) is -0.139. The molecule has 1 aromatic heterocycles. The van der Waals surface area contributed by atoms with E-state index in [1.165, 1.54) is 11.8 Å². The first kappa shape index (κ1) is 24.3. The number of anilines is 3. The molecule has 4 rings (SSSR count). The topological polar surface area (TPSA) is 169 Å². The van der Waals surface area contributed by atoms with Crippen LogP contribution in [0.5, 0.6) is 0 Å². The minimum Gasteiger partial charge on any atom is -0.465 e. The first-order valence-electron chi connectivity index (χ1n) is 10.4. The molecular weight excluding hydrogens is 494 g/mol. The van der Waals surface area contributed by atoms with Crippen molar-refractivity contribution in [3.8, 4) is 6.07 Å². The normalized spacial score (nSPS) is 18.5. The van der Waals surface area contributed by atoms with E-state index in [-0.39, 0.29) is 33.7 Å². The van der Waals surface area contributed by atoms with E-state index >= 15 is 0 Å². The van der Waals surface area contributed by atoms with Gasteiger partial charge in [0.1, 0.15) is 34.1 Å². The van der Waals surface area contributed by atoms with Gasteiger partial charge in [-0.2, -0.15) is 5.26 Å². The number of nitriles is 1. The Kier molecular flexibility index (Phi) is 6.55. The van der Waals surface area contributed by atoms with Gasteiger partial charge in [0.15, 0.2) is 9.84 Å². The summed E-state index contributed by atoms with van der Waals surface area (Å²) in [6.07, 6.45) is 0.774. The molecule has 0 bridgehead atoms. The summed E-state index contributed by atoms with van der Waals surface area (Å²) in [7, 11) is -3.85. The van der Waals surface area contributed by atoms with Gasteiger partial charge in [-0.25, -0.2) is 23.2 Å². The number of thioether (sulfide) groups is 1. The van der Waals surface area contributed by atoms with Crippen molar-refractivity contribution in [2.45, 2.75) is 17.9 Å². The number of nitrogens with zero attached hydrogens (tertiary/aromatic N) is 5. The maximum absolute atomic E-state index is 12.7. The van der Waals surface area contributed by atoms with E-state index in [0.29, 0.717) is 12.4 Å². The zero-order valence-corrected chi connectivity index (χ0v) is 20.4. The monoisotopic (exact) mass is 515 g/mol. The molecule has 1 saturated heterocycles. The zero-order chi connectivity index (χ0) is 25.3. The van der Waals surface area contributed by atoms with Crippen molar-refractivity contribution >= 4 is 56.5 Å². The van der Waals surface area contributed by atoms with E-state index in [9.17, 15) is 28.4 Å². The second-order valence-corrected chi connectivity index (χ2v) is 10.6. The van der Waals surface area contributed by atoms with Gasteiger partial charge in [-0.15, -0.1) is 11.8 Å². The third kappa shape index (κ3) is 4.60. The predicted molar refractivity (Wildman–Crippen MR) is 130 cm³/mol. The first-order chi connectivity index (χ1) is 16.7. The van der Waals surface area contributed by atoms with Gasteiger partial charge in [0.25, 0.3) is 5.91 Å². The average Bonchev–Trinajstić information content (AvgIpc) is 3.44.